The summed E-state index contributed by atoms with van der Waals surface area (Å²) in [5.74, 6) is 0.700. The van der Waals surface area contributed by atoms with Crippen LogP contribution < -0.4 is 19.3 Å². The first kappa shape index (κ1) is 50.2. The number of hydrogen-bond acceptors (Lipinski definition) is 16. The Kier molecular flexibility index (Phi) is 12.8. The number of rotatable bonds is 10. The fourth-order valence-corrected chi connectivity index (χ4v) is 12.2. The van der Waals surface area contributed by atoms with Crippen LogP contribution in [0.15, 0.2) is 110 Å². The van der Waals surface area contributed by atoms with E-state index in [9.17, 15) is 27.8 Å². The molecule has 22 heteroatoms. The Balaban J connectivity index is 0.000000148. The molecule has 8 aromatic rings. The molecule has 0 unspecified atom stereocenters. The Bertz CT molecular complexity index is 3240. The van der Waals surface area contributed by atoms with Crippen LogP contribution in [0, 0.1) is 0 Å². The zero-order valence-corrected chi connectivity index (χ0v) is 42.4. The van der Waals surface area contributed by atoms with E-state index >= 15 is 0 Å². The number of morpholine rings is 4. The van der Waals surface area contributed by atoms with E-state index in [1.165, 1.54) is 12.1 Å². The van der Waals surface area contributed by atoms with Gasteiger partial charge in [-0.25, -0.2) is 29.9 Å². The lowest BCUT2D eigenvalue weighted by atomic mass is 9.93. The van der Waals surface area contributed by atoms with Gasteiger partial charge in [0.25, 0.3) is 0 Å². The minimum absolute atomic E-state index is 0.0922. The molecule has 0 spiro atoms. The maximum absolute atomic E-state index is 13.2. The van der Waals surface area contributed by atoms with E-state index in [0.29, 0.717) is 111 Å². The number of hydrogen-bond donors (Lipinski definition) is 2. The second-order valence-corrected chi connectivity index (χ2v) is 21.0. The highest BCUT2D eigenvalue weighted by Gasteiger charge is 2.47. The Morgan fingerprint density at radius 3 is 1.19 bits per heavy atom. The third-order valence-corrected chi connectivity index (χ3v) is 15.7. The summed E-state index contributed by atoms with van der Waals surface area (Å²) in [7, 11) is 0. The molecule has 4 bridgehead atoms. The van der Waals surface area contributed by atoms with Gasteiger partial charge < -0.3 is 57.2 Å². The maximum atomic E-state index is 13.2. The van der Waals surface area contributed by atoms with Crippen LogP contribution >= 0.6 is 0 Å². The first-order valence-electron chi connectivity index (χ1n) is 25.9. The van der Waals surface area contributed by atoms with Crippen molar-refractivity contribution in [2.45, 2.75) is 87.1 Å². The van der Waals surface area contributed by atoms with Gasteiger partial charge in [-0.15, -0.1) is 0 Å². The average molecular weight is 1070 g/mol. The molecule has 2 aromatic carbocycles. The Morgan fingerprint density at radius 2 is 0.846 bits per heavy atom. The number of anilines is 2. The van der Waals surface area contributed by atoms with Crippen molar-refractivity contribution in [1.82, 2.24) is 38.7 Å². The van der Waals surface area contributed by atoms with Crippen LogP contribution in [0.25, 0.3) is 33.5 Å². The highest BCUT2D eigenvalue weighted by molar-refractivity contribution is 5.67. The second-order valence-electron chi connectivity index (χ2n) is 21.0. The molecule has 6 aliphatic rings. The SMILES string of the molecule is C[C@@]1(O)C[C@@H](c2ccccc2OC(F)F)c2c1nc1ccc(-c3cnc(N4C5COCC4COC5)nc3)cn21.C[C@@]1(O)C[C@@H](c2ccccc2OC(F)F)c2c1nc1ccc(-c3cnc(N4C5COCC4COC5)nc3)cn21. The first-order valence-corrected chi connectivity index (χ1v) is 25.9. The largest absolute Gasteiger partial charge is 0.435 e. The zero-order valence-electron chi connectivity index (χ0n) is 42.4. The number of halogens is 4. The summed E-state index contributed by atoms with van der Waals surface area (Å²) in [6, 6.07) is 21.4. The van der Waals surface area contributed by atoms with Crippen LogP contribution in [-0.4, -0.2) is 139 Å². The molecule has 14 rings (SSSR count). The zero-order chi connectivity index (χ0) is 53.5. The Hall–Kier alpha value is -7.34. The van der Waals surface area contributed by atoms with Gasteiger partial charge in [-0.05, 0) is 63.1 Å². The minimum atomic E-state index is -2.95. The number of ether oxygens (including phenoxy) is 6. The van der Waals surface area contributed by atoms with Crippen LogP contribution in [0.4, 0.5) is 29.5 Å². The van der Waals surface area contributed by atoms with Gasteiger partial charge >= 0.3 is 13.2 Å². The molecule has 4 aliphatic heterocycles. The predicted octanol–water partition coefficient (Wildman–Crippen LogP) is 7.48. The average Bonchev–Trinajstić information content (AvgIpc) is 4.15. The summed E-state index contributed by atoms with van der Waals surface area (Å²) < 4.78 is 88.9. The molecule has 6 aromatic heterocycles. The van der Waals surface area contributed by atoms with Crippen LogP contribution in [0.2, 0.25) is 0 Å². The van der Waals surface area contributed by atoms with Gasteiger partial charge in [0, 0.05) is 82.4 Å². The highest BCUT2D eigenvalue weighted by atomic mass is 19.3. The molecular formula is C56H54F4N10O8. The molecule has 4 fully saturated rings. The summed E-state index contributed by atoms with van der Waals surface area (Å²) >= 11 is 0. The van der Waals surface area contributed by atoms with Crippen LogP contribution in [-0.2, 0) is 30.1 Å². The Morgan fingerprint density at radius 1 is 0.500 bits per heavy atom. The molecule has 0 saturated carbocycles. The van der Waals surface area contributed by atoms with Crippen molar-refractivity contribution in [1.29, 1.82) is 0 Å². The summed E-state index contributed by atoms with van der Waals surface area (Å²) in [5.41, 5.74) is 5.94. The van der Waals surface area contributed by atoms with E-state index in [-0.39, 0.29) is 35.7 Å². The third-order valence-electron chi connectivity index (χ3n) is 15.7. The van der Waals surface area contributed by atoms with Crippen molar-refractivity contribution in [2.24, 2.45) is 0 Å². The molecule has 2 N–H and O–H groups in total. The van der Waals surface area contributed by atoms with Crippen molar-refractivity contribution >= 4 is 23.2 Å². The molecular weight excluding hydrogens is 1020 g/mol. The van der Waals surface area contributed by atoms with Crippen molar-refractivity contribution in [3.8, 4) is 33.8 Å². The standard InChI is InChI=1S/2C28H27F2N5O4/c2*1-28(36)8-21(20-4-2-3-5-22(20)39-26(29)30)24-25(28)33-23-7-6-16(11-34(23)24)17-9-31-27(32-10-17)35-18-12-37-14-19(35)15-38-13-18/h2*2-7,9-11,18-19,21,26,36H,8,12-15H2,1H3/t2*18?,19?,21-,28+/m00/s1. The molecule has 4 saturated heterocycles. The predicted molar refractivity (Wildman–Crippen MR) is 274 cm³/mol. The number of pyridine rings is 2. The van der Waals surface area contributed by atoms with Gasteiger partial charge in [0.05, 0.1) is 99.8 Å². The van der Waals surface area contributed by atoms with E-state index in [0.717, 1.165) is 33.6 Å². The number of alkyl halides is 4. The topological polar surface area (TPSA) is 188 Å². The molecule has 4 atom stereocenters. The van der Waals surface area contributed by atoms with E-state index in [1.807, 2.05) is 45.5 Å². The van der Waals surface area contributed by atoms with E-state index < -0.39 is 36.3 Å². The maximum Gasteiger partial charge on any atom is 0.387 e. The Labute approximate surface area is 444 Å². The number of para-hydroxylation sites is 2. The van der Waals surface area contributed by atoms with Gasteiger partial charge in [-0.1, -0.05) is 36.4 Å². The van der Waals surface area contributed by atoms with Crippen molar-refractivity contribution < 1.29 is 56.2 Å². The van der Waals surface area contributed by atoms with E-state index in [4.69, 9.17) is 38.4 Å². The lowest BCUT2D eigenvalue weighted by Gasteiger charge is -2.45. The number of aliphatic hydroxyl groups is 2. The van der Waals surface area contributed by atoms with Gasteiger partial charge in [0.2, 0.25) is 11.9 Å². The first-order chi connectivity index (χ1) is 37.8. The van der Waals surface area contributed by atoms with Crippen molar-refractivity contribution in [3.63, 3.8) is 0 Å². The van der Waals surface area contributed by atoms with Gasteiger partial charge in [-0.2, -0.15) is 17.6 Å². The number of imidazole rings is 2. The lowest BCUT2D eigenvalue weighted by Crippen LogP contribution is -2.60. The van der Waals surface area contributed by atoms with Crippen molar-refractivity contribution in [3.05, 3.63) is 144 Å². The molecule has 2 aliphatic carbocycles. The molecule has 404 valence electrons. The second kappa shape index (κ2) is 19.8. The fraction of sp³-hybridized carbons (Fsp3) is 0.393. The van der Waals surface area contributed by atoms with Gasteiger partial charge in [0.1, 0.15) is 34.0 Å². The summed E-state index contributed by atoms with van der Waals surface area (Å²) in [4.78, 5) is 32.5. The van der Waals surface area contributed by atoms with Crippen LogP contribution in [0.1, 0.15) is 72.4 Å². The lowest BCUT2D eigenvalue weighted by molar-refractivity contribution is -0.0513. The number of fused-ring (bicyclic) bond motifs is 10. The van der Waals surface area contributed by atoms with Crippen molar-refractivity contribution in [2.75, 3.05) is 62.7 Å². The normalized spacial score (nSPS) is 26.3. The van der Waals surface area contributed by atoms with Gasteiger partial charge in [0.15, 0.2) is 0 Å². The monoisotopic (exact) mass is 1070 g/mol. The summed E-state index contributed by atoms with van der Waals surface area (Å²) in [6.45, 7) is 2.18. The number of benzene rings is 2. The molecule has 0 radical (unpaired) electrons. The third kappa shape index (κ3) is 9.02. The van der Waals surface area contributed by atoms with Crippen LogP contribution in [0.3, 0.4) is 0 Å². The fourth-order valence-electron chi connectivity index (χ4n) is 12.2. The molecule has 10 heterocycles. The van der Waals surface area contributed by atoms with Crippen LogP contribution in [0.5, 0.6) is 11.5 Å². The highest BCUT2D eigenvalue weighted by Crippen LogP contribution is 2.51. The molecule has 0 amide bonds. The molecule has 78 heavy (non-hydrogen) atoms. The smallest absolute Gasteiger partial charge is 0.387 e. The quantitative estimate of drug-likeness (QED) is 0.128. The van der Waals surface area contributed by atoms with E-state index in [1.54, 1.807) is 75.0 Å². The minimum Gasteiger partial charge on any atom is -0.435 e. The summed E-state index contributed by atoms with van der Waals surface area (Å²) in [6.07, 6.45) is 11.6. The molecule has 18 nitrogen and oxygen atoms in total. The number of nitrogens with zero attached hydrogens (tertiary/aromatic N) is 10. The number of aromatic nitrogens is 8. The van der Waals surface area contributed by atoms with Gasteiger partial charge in [-0.3, -0.25) is 0 Å². The van der Waals surface area contributed by atoms with E-state index in [2.05, 4.69) is 29.7 Å². The summed E-state index contributed by atoms with van der Waals surface area (Å²) in [5, 5.41) is 22.5.